The quantitative estimate of drug-likeness (QED) is 0.401. The van der Waals surface area contributed by atoms with Gasteiger partial charge in [0, 0.05) is 36.2 Å². The molecular weight excluding hydrogens is 247 g/mol. The van der Waals surface area contributed by atoms with Crippen LogP contribution in [0.25, 0.3) is 0 Å². The lowest BCUT2D eigenvalue weighted by molar-refractivity contribution is 0.0269. The number of nitrogens with one attached hydrogen (secondary N) is 3. The van der Waals surface area contributed by atoms with Crippen LogP contribution in [0.3, 0.4) is 0 Å². The molecule has 1 unspecified atom stereocenters. The maximum Gasteiger partial charge on any atom is 0.124 e. The summed E-state index contributed by atoms with van der Waals surface area (Å²) in [5.41, 5.74) is 2.05. The first-order valence-corrected chi connectivity index (χ1v) is 7.36. The van der Waals surface area contributed by atoms with Crippen molar-refractivity contribution in [1.82, 2.24) is 10.2 Å². The fourth-order valence-corrected chi connectivity index (χ4v) is 3.51. The van der Waals surface area contributed by atoms with Crippen molar-refractivity contribution in [1.29, 1.82) is 10.8 Å². The van der Waals surface area contributed by atoms with Crippen molar-refractivity contribution >= 4 is 19.9 Å². The molecule has 0 aromatic rings. The molecule has 1 atom stereocenters. The molecule has 0 amide bonds. The first-order chi connectivity index (χ1) is 9.63. The largest absolute Gasteiger partial charge is 0.356 e. The summed E-state index contributed by atoms with van der Waals surface area (Å²) in [6, 6.07) is 0. The Morgan fingerprint density at radius 3 is 2.75 bits per heavy atom. The molecule has 0 bridgehead atoms. The number of allylic oxidation sites excluding steroid dienone is 3. The van der Waals surface area contributed by atoms with Gasteiger partial charge in [0.05, 0.1) is 0 Å². The van der Waals surface area contributed by atoms with Gasteiger partial charge in [-0.05, 0) is 32.4 Å². The molecule has 2 fully saturated rings. The predicted molar refractivity (Wildman–Crippen MR) is 82.6 cm³/mol. The van der Waals surface area contributed by atoms with Crippen molar-refractivity contribution in [3.05, 3.63) is 23.2 Å². The van der Waals surface area contributed by atoms with E-state index in [0.29, 0.717) is 11.3 Å². The van der Waals surface area contributed by atoms with Gasteiger partial charge in [-0.3, -0.25) is 5.41 Å². The van der Waals surface area contributed by atoms with Gasteiger partial charge in [-0.1, -0.05) is 12.2 Å². The van der Waals surface area contributed by atoms with Crippen LogP contribution in [0, 0.1) is 22.2 Å². The zero-order valence-corrected chi connectivity index (χ0v) is 11.8. The van der Waals surface area contributed by atoms with Crippen molar-refractivity contribution in [3.8, 4) is 0 Å². The van der Waals surface area contributed by atoms with E-state index in [1.54, 1.807) is 0 Å². The second-order valence-electron chi connectivity index (χ2n) is 6.27. The summed E-state index contributed by atoms with van der Waals surface area (Å²) in [6.45, 7) is 4.17. The van der Waals surface area contributed by atoms with Gasteiger partial charge in [0.25, 0.3) is 0 Å². The lowest BCUT2D eigenvalue weighted by Gasteiger charge is -2.54. The number of likely N-dealkylation sites (tertiary alicyclic amines) is 1. The molecule has 104 valence electrons. The van der Waals surface area contributed by atoms with E-state index in [1.165, 1.54) is 19.1 Å². The van der Waals surface area contributed by atoms with Crippen LogP contribution in [-0.2, 0) is 0 Å². The molecule has 20 heavy (non-hydrogen) atoms. The highest BCUT2D eigenvalue weighted by atomic mass is 15.2. The highest BCUT2D eigenvalue weighted by Crippen LogP contribution is 2.40. The molecule has 1 spiro atoms. The fourth-order valence-electron chi connectivity index (χ4n) is 3.51. The normalized spacial score (nSPS) is 28.4. The van der Waals surface area contributed by atoms with Crippen LogP contribution in [0.2, 0.25) is 0 Å². The number of rotatable bonds is 2. The summed E-state index contributed by atoms with van der Waals surface area (Å²) in [4.78, 5) is 2.15. The maximum absolute atomic E-state index is 8.42. The first-order valence-electron chi connectivity index (χ1n) is 7.36. The van der Waals surface area contributed by atoms with Crippen LogP contribution in [0.4, 0.5) is 0 Å². The van der Waals surface area contributed by atoms with Gasteiger partial charge in [0.1, 0.15) is 13.7 Å². The van der Waals surface area contributed by atoms with Crippen LogP contribution in [0.5, 0.6) is 0 Å². The molecule has 0 saturated carbocycles. The molecule has 4 nitrogen and oxygen atoms in total. The standard InChI is InChI=1S/C15H21BN4/c16-12-2-1-11(8-17)13(7-12)14(18)20-9-15(10-20)3-5-19-6-4-15/h2,7-8,11,17-19H,1,3-6,9-10H2. The number of hydrogen-bond donors (Lipinski definition) is 3. The average molecular weight is 268 g/mol. The van der Waals surface area contributed by atoms with Crippen molar-refractivity contribution < 1.29 is 0 Å². The molecule has 3 N–H and O–H groups in total. The van der Waals surface area contributed by atoms with E-state index in [9.17, 15) is 0 Å². The van der Waals surface area contributed by atoms with E-state index in [0.717, 1.165) is 43.6 Å². The highest BCUT2D eigenvalue weighted by Gasteiger charge is 2.45. The zero-order chi connectivity index (χ0) is 14.2. The third-order valence-corrected chi connectivity index (χ3v) is 4.84. The van der Waals surface area contributed by atoms with Gasteiger partial charge in [0.15, 0.2) is 0 Å². The van der Waals surface area contributed by atoms with Crippen LogP contribution < -0.4 is 5.32 Å². The third-order valence-electron chi connectivity index (χ3n) is 4.84. The van der Waals surface area contributed by atoms with E-state index in [2.05, 4.69) is 10.2 Å². The molecule has 2 radical (unpaired) electrons. The Morgan fingerprint density at radius 1 is 1.40 bits per heavy atom. The number of nitrogens with zero attached hydrogens (tertiary/aromatic N) is 1. The summed E-state index contributed by atoms with van der Waals surface area (Å²) in [5.74, 6) is 0.582. The molecule has 3 rings (SSSR count). The summed E-state index contributed by atoms with van der Waals surface area (Å²) in [5, 5.41) is 19.4. The number of hydrogen-bond acceptors (Lipinski definition) is 3. The molecule has 0 aromatic carbocycles. The summed E-state index contributed by atoms with van der Waals surface area (Å²) in [7, 11) is 5.86. The molecule has 2 saturated heterocycles. The highest BCUT2D eigenvalue weighted by molar-refractivity contribution is 6.24. The second-order valence-corrected chi connectivity index (χ2v) is 6.27. The smallest absolute Gasteiger partial charge is 0.124 e. The van der Waals surface area contributed by atoms with Crippen molar-refractivity contribution in [2.24, 2.45) is 11.3 Å². The topological polar surface area (TPSA) is 63.0 Å². The lowest BCUT2D eigenvalue weighted by atomic mass is 9.71. The lowest BCUT2D eigenvalue weighted by Crippen LogP contribution is -2.61. The summed E-state index contributed by atoms with van der Waals surface area (Å²) >= 11 is 0. The summed E-state index contributed by atoms with van der Waals surface area (Å²) < 4.78 is 0. The second kappa shape index (κ2) is 5.21. The maximum atomic E-state index is 8.42. The van der Waals surface area contributed by atoms with Crippen LogP contribution >= 0.6 is 0 Å². The fraction of sp³-hybridized carbons (Fsp3) is 0.600. The zero-order valence-electron chi connectivity index (χ0n) is 11.8. The Bertz CT molecular complexity index is 480. The molecule has 2 heterocycles. The summed E-state index contributed by atoms with van der Waals surface area (Å²) in [6.07, 6.45) is 8.42. The molecule has 5 heteroatoms. The van der Waals surface area contributed by atoms with Gasteiger partial charge in [-0.25, -0.2) is 0 Å². The SMILES string of the molecule is [B]C1=CCC(C=N)C(C(=N)N2CC3(CCNCC3)C2)=C1. The number of amidine groups is 1. The molecular formula is C15H21BN4. The predicted octanol–water partition coefficient (Wildman–Crippen LogP) is 1.30. The Balaban J connectivity index is 1.68. The van der Waals surface area contributed by atoms with Crippen molar-refractivity contribution in [3.63, 3.8) is 0 Å². The molecule has 1 aliphatic carbocycles. The third kappa shape index (κ3) is 2.35. The van der Waals surface area contributed by atoms with E-state index in [-0.39, 0.29) is 5.92 Å². The monoisotopic (exact) mass is 268 g/mol. The molecule has 3 aliphatic rings. The van der Waals surface area contributed by atoms with E-state index < -0.39 is 0 Å². The number of piperidine rings is 1. The van der Waals surface area contributed by atoms with E-state index in [1.807, 2.05) is 12.2 Å². The molecule has 0 aromatic heterocycles. The van der Waals surface area contributed by atoms with Gasteiger partial charge >= 0.3 is 0 Å². The minimum Gasteiger partial charge on any atom is -0.356 e. The van der Waals surface area contributed by atoms with Crippen LogP contribution in [-0.4, -0.2) is 51.0 Å². The Kier molecular flexibility index (Phi) is 3.54. The average Bonchev–Trinajstić information content (AvgIpc) is 2.44. The first kappa shape index (κ1) is 13.6. The van der Waals surface area contributed by atoms with E-state index >= 15 is 0 Å². The van der Waals surface area contributed by atoms with Crippen LogP contribution in [0.15, 0.2) is 23.2 Å². The Morgan fingerprint density at radius 2 is 2.10 bits per heavy atom. The van der Waals surface area contributed by atoms with Gasteiger partial charge < -0.3 is 15.6 Å². The minimum absolute atomic E-state index is 0.0133. The van der Waals surface area contributed by atoms with Crippen molar-refractivity contribution in [2.75, 3.05) is 26.2 Å². The minimum atomic E-state index is 0.0133. The van der Waals surface area contributed by atoms with Crippen LogP contribution in [0.1, 0.15) is 19.3 Å². The van der Waals surface area contributed by atoms with Gasteiger partial charge in [-0.15, -0.1) is 5.47 Å². The van der Waals surface area contributed by atoms with Crippen molar-refractivity contribution in [2.45, 2.75) is 19.3 Å². The van der Waals surface area contributed by atoms with Gasteiger partial charge in [-0.2, -0.15) is 0 Å². The Labute approximate surface area is 121 Å². The van der Waals surface area contributed by atoms with E-state index in [4.69, 9.17) is 18.7 Å². The Hall–Kier alpha value is -1.36. The van der Waals surface area contributed by atoms with Gasteiger partial charge in [0.2, 0.25) is 0 Å². The molecule has 2 aliphatic heterocycles.